The molecule has 0 bridgehead atoms. The van der Waals surface area contributed by atoms with Crippen molar-refractivity contribution in [3.05, 3.63) is 65.2 Å². The Labute approximate surface area is 195 Å². The quantitative estimate of drug-likeness (QED) is 0.574. The van der Waals surface area contributed by atoms with Crippen LogP contribution in [-0.2, 0) is 4.79 Å². The molecular weight excluding hydrogens is 416 g/mol. The second-order valence-electron chi connectivity index (χ2n) is 8.39. The van der Waals surface area contributed by atoms with E-state index in [0.29, 0.717) is 26.2 Å². The van der Waals surface area contributed by atoms with E-state index in [1.807, 2.05) is 55.1 Å². The third-order valence-electron chi connectivity index (χ3n) is 5.92. The van der Waals surface area contributed by atoms with E-state index in [1.165, 1.54) is 5.56 Å². The summed E-state index contributed by atoms with van der Waals surface area (Å²) in [5.41, 5.74) is 5.06. The zero-order chi connectivity index (χ0) is 23.4. The number of aromatic nitrogens is 2. The van der Waals surface area contributed by atoms with Crippen LogP contribution in [-0.4, -0.2) is 60.9 Å². The first kappa shape index (κ1) is 22.6. The van der Waals surface area contributed by atoms with Gasteiger partial charge in [-0.1, -0.05) is 29.8 Å². The highest BCUT2D eigenvalue weighted by Crippen LogP contribution is 2.25. The third-order valence-corrected chi connectivity index (χ3v) is 5.92. The number of aryl methyl sites for hydroxylation is 3. The minimum absolute atomic E-state index is 0.00785. The van der Waals surface area contributed by atoms with Crippen LogP contribution in [0.25, 0.3) is 11.3 Å². The van der Waals surface area contributed by atoms with Crippen molar-refractivity contribution in [1.29, 1.82) is 0 Å². The van der Waals surface area contributed by atoms with Crippen molar-refractivity contribution in [2.24, 2.45) is 0 Å². The Hall–Kier alpha value is -3.61. The molecule has 1 saturated heterocycles. The van der Waals surface area contributed by atoms with Crippen LogP contribution in [0.2, 0.25) is 0 Å². The lowest BCUT2D eigenvalue weighted by Gasteiger charge is -2.35. The summed E-state index contributed by atoms with van der Waals surface area (Å²) in [6, 6.07) is 15.9. The van der Waals surface area contributed by atoms with Crippen molar-refractivity contribution in [1.82, 2.24) is 15.1 Å². The highest BCUT2D eigenvalue weighted by Gasteiger charge is 2.23. The summed E-state index contributed by atoms with van der Waals surface area (Å²) in [6.45, 7) is 8.83. The van der Waals surface area contributed by atoms with Gasteiger partial charge in [0.15, 0.2) is 12.4 Å². The second-order valence-corrected chi connectivity index (χ2v) is 8.39. The van der Waals surface area contributed by atoms with Crippen LogP contribution in [0, 0.1) is 20.8 Å². The van der Waals surface area contributed by atoms with Crippen LogP contribution in [0.15, 0.2) is 48.5 Å². The summed E-state index contributed by atoms with van der Waals surface area (Å²) in [6.07, 6.45) is 0. The predicted molar refractivity (Wildman–Crippen MR) is 129 cm³/mol. The lowest BCUT2D eigenvalue weighted by Crippen LogP contribution is -2.50. The topological polar surface area (TPSA) is 67.8 Å². The zero-order valence-corrected chi connectivity index (χ0v) is 19.7. The summed E-state index contributed by atoms with van der Waals surface area (Å²) < 4.78 is 11.2. The van der Waals surface area contributed by atoms with E-state index < -0.39 is 0 Å². The average molecular weight is 447 g/mol. The molecule has 1 aromatic heterocycles. The summed E-state index contributed by atoms with van der Waals surface area (Å²) in [5.74, 6) is 2.42. The average Bonchev–Trinajstić information content (AvgIpc) is 2.83. The van der Waals surface area contributed by atoms with Gasteiger partial charge in [0.2, 0.25) is 0 Å². The van der Waals surface area contributed by atoms with Gasteiger partial charge < -0.3 is 19.3 Å². The predicted octanol–water partition coefficient (Wildman–Crippen LogP) is 3.81. The second kappa shape index (κ2) is 9.90. The SMILES string of the molecule is COc1cccc(-c2ccc(N3CCN(C(=O)COc4c(C)cc(C)cc4C)CC3)nn2)c1. The highest BCUT2D eigenvalue weighted by atomic mass is 16.5. The molecule has 0 aliphatic carbocycles. The van der Waals surface area contributed by atoms with Gasteiger partial charge in [0.1, 0.15) is 11.5 Å². The minimum atomic E-state index is 0.00785. The maximum atomic E-state index is 12.7. The van der Waals surface area contributed by atoms with Crippen LogP contribution in [0.5, 0.6) is 11.5 Å². The van der Waals surface area contributed by atoms with Gasteiger partial charge in [-0.3, -0.25) is 4.79 Å². The number of carbonyl (C=O) groups excluding carboxylic acids is 1. The number of benzene rings is 2. The van der Waals surface area contributed by atoms with Crippen molar-refractivity contribution >= 4 is 11.7 Å². The van der Waals surface area contributed by atoms with Gasteiger partial charge in [0, 0.05) is 31.7 Å². The van der Waals surface area contributed by atoms with Gasteiger partial charge >= 0.3 is 0 Å². The van der Waals surface area contributed by atoms with Crippen molar-refractivity contribution < 1.29 is 14.3 Å². The van der Waals surface area contributed by atoms with Crippen molar-refractivity contribution in [3.63, 3.8) is 0 Å². The van der Waals surface area contributed by atoms with Gasteiger partial charge in [0.25, 0.3) is 5.91 Å². The molecule has 1 aliphatic heterocycles. The Bertz CT molecular complexity index is 1100. The molecule has 3 aromatic rings. The molecule has 0 saturated carbocycles. The van der Waals surface area contributed by atoms with Crippen molar-refractivity contribution in [2.45, 2.75) is 20.8 Å². The Morgan fingerprint density at radius 1 is 0.939 bits per heavy atom. The molecule has 1 amide bonds. The minimum Gasteiger partial charge on any atom is -0.497 e. The molecule has 0 radical (unpaired) electrons. The van der Waals surface area contributed by atoms with Gasteiger partial charge in [0.05, 0.1) is 12.8 Å². The molecular formula is C26H30N4O3. The Morgan fingerprint density at radius 3 is 2.30 bits per heavy atom. The van der Waals surface area contributed by atoms with E-state index in [-0.39, 0.29) is 12.5 Å². The number of carbonyl (C=O) groups is 1. The van der Waals surface area contributed by atoms with Gasteiger partial charge in [-0.05, 0) is 56.2 Å². The maximum absolute atomic E-state index is 12.7. The fourth-order valence-electron chi connectivity index (χ4n) is 4.23. The molecule has 0 spiro atoms. The van der Waals surface area contributed by atoms with E-state index in [2.05, 4.69) is 34.2 Å². The standard InChI is InChI=1S/C26H30N4O3/c1-18-14-19(2)26(20(3)15-18)33-17-25(31)30-12-10-29(11-13-30)24-9-8-23(27-28-24)21-6-5-7-22(16-21)32-4/h5-9,14-16H,10-13,17H2,1-4H3. The smallest absolute Gasteiger partial charge is 0.260 e. The maximum Gasteiger partial charge on any atom is 0.260 e. The molecule has 1 aliphatic rings. The number of hydrogen-bond acceptors (Lipinski definition) is 6. The molecule has 0 unspecified atom stereocenters. The molecule has 0 atom stereocenters. The summed E-state index contributed by atoms with van der Waals surface area (Å²) in [4.78, 5) is 16.7. The van der Waals surface area contributed by atoms with Crippen LogP contribution < -0.4 is 14.4 Å². The van der Waals surface area contributed by atoms with Crippen molar-refractivity contribution in [2.75, 3.05) is 44.8 Å². The van der Waals surface area contributed by atoms with Gasteiger partial charge in [-0.15, -0.1) is 10.2 Å². The first-order valence-corrected chi connectivity index (χ1v) is 11.2. The molecule has 2 heterocycles. The third kappa shape index (κ3) is 5.25. The summed E-state index contributed by atoms with van der Waals surface area (Å²) >= 11 is 0. The number of nitrogens with zero attached hydrogens (tertiary/aromatic N) is 4. The molecule has 2 aromatic carbocycles. The van der Waals surface area contributed by atoms with Gasteiger partial charge in [-0.2, -0.15) is 0 Å². The fraction of sp³-hybridized carbons (Fsp3) is 0.346. The van der Waals surface area contributed by atoms with Crippen LogP contribution >= 0.6 is 0 Å². The number of ether oxygens (including phenoxy) is 2. The number of methoxy groups -OCH3 is 1. The van der Waals surface area contributed by atoms with E-state index in [1.54, 1.807) is 7.11 Å². The van der Waals surface area contributed by atoms with E-state index in [0.717, 1.165) is 39.7 Å². The molecule has 4 rings (SSSR count). The number of rotatable bonds is 6. The highest BCUT2D eigenvalue weighted by molar-refractivity contribution is 5.78. The normalized spacial score (nSPS) is 13.7. The number of hydrogen-bond donors (Lipinski definition) is 0. The Balaban J connectivity index is 1.31. The number of anilines is 1. The van der Waals surface area contributed by atoms with Crippen LogP contribution in [0.4, 0.5) is 5.82 Å². The van der Waals surface area contributed by atoms with Crippen molar-refractivity contribution in [3.8, 4) is 22.8 Å². The first-order valence-electron chi connectivity index (χ1n) is 11.2. The Kier molecular flexibility index (Phi) is 6.77. The number of piperazine rings is 1. The molecule has 33 heavy (non-hydrogen) atoms. The Morgan fingerprint density at radius 2 is 1.67 bits per heavy atom. The summed E-state index contributed by atoms with van der Waals surface area (Å²) in [5, 5.41) is 8.81. The molecule has 172 valence electrons. The number of amides is 1. The molecule has 7 nitrogen and oxygen atoms in total. The lowest BCUT2D eigenvalue weighted by molar-refractivity contribution is -0.133. The largest absolute Gasteiger partial charge is 0.497 e. The van der Waals surface area contributed by atoms with Crippen LogP contribution in [0.1, 0.15) is 16.7 Å². The van der Waals surface area contributed by atoms with Gasteiger partial charge in [-0.25, -0.2) is 0 Å². The monoisotopic (exact) mass is 446 g/mol. The van der Waals surface area contributed by atoms with Crippen LogP contribution in [0.3, 0.4) is 0 Å². The fourth-order valence-corrected chi connectivity index (χ4v) is 4.23. The first-order chi connectivity index (χ1) is 15.9. The van der Waals surface area contributed by atoms with E-state index in [4.69, 9.17) is 9.47 Å². The zero-order valence-electron chi connectivity index (χ0n) is 19.7. The summed E-state index contributed by atoms with van der Waals surface area (Å²) in [7, 11) is 1.65. The van der Waals surface area contributed by atoms with E-state index >= 15 is 0 Å². The molecule has 7 heteroatoms. The lowest BCUT2D eigenvalue weighted by atomic mass is 10.1. The van der Waals surface area contributed by atoms with E-state index in [9.17, 15) is 4.79 Å². The molecule has 1 fully saturated rings. The molecule has 0 N–H and O–H groups in total.